The van der Waals surface area contributed by atoms with Crippen LogP contribution < -0.4 is 0 Å². The lowest BCUT2D eigenvalue weighted by Gasteiger charge is -2.50. The van der Waals surface area contributed by atoms with Gasteiger partial charge in [0.2, 0.25) is 5.91 Å². The van der Waals surface area contributed by atoms with Crippen LogP contribution in [0.1, 0.15) is 37.3 Å². The van der Waals surface area contributed by atoms with E-state index in [0.29, 0.717) is 6.42 Å². The maximum atomic E-state index is 13.3. The molecule has 2 aliphatic rings. The minimum absolute atomic E-state index is 0.00998. The van der Waals surface area contributed by atoms with Gasteiger partial charge in [-0.05, 0) is 42.5 Å². The molecule has 3 rings (SSSR count). The monoisotopic (exact) mass is 247 g/mol. The van der Waals surface area contributed by atoms with Gasteiger partial charge in [-0.25, -0.2) is 4.39 Å². The maximum absolute atomic E-state index is 13.3. The number of fused-ring (bicyclic) bond motifs is 3. The number of likely N-dealkylation sites (N-methyl/N-ethyl adjacent to an activating group) is 1. The number of carbonyl (C=O) groups is 1. The first-order valence-electron chi connectivity index (χ1n) is 6.57. The third-order valence-electron chi connectivity index (χ3n) is 4.82. The van der Waals surface area contributed by atoms with Gasteiger partial charge in [-0.15, -0.1) is 0 Å². The van der Waals surface area contributed by atoms with E-state index in [2.05, 4.69) is 6.92 Å². The third-order valence-corrected chi connectivity index (χ3v) is 4.82. The number of carbonyl (C=O) groups excluding carboxylic acids is 1. The van der Waals surface area contributed by atoms with Crippen molar-refractivity contribution in [2.24, 2.45) is 0 Å². The molecule has 3 heteroatoms. The lowest BCUT2D eigenvalue weighted by molar-refractivity contribution is -0.138. The SMILES string of the molecule is CN1C(=O)CC[C@@]2(C)c3ccc(F)cc3CC[C@@H]12. The van der Waals surface area contributed by atoms with Gasteiger partial charge in [-0.1, -0.05) is 13.0 Å². The number of halogens is 1. The number of likely N-dealkylation sites (tertiary alicyclic amines) is 1. The second-order valence-corrected chi connectivity index (χ2v) is 5.78. The van der Waals surface area contributed by atoms with E-state index in [4.69, 9.17) is 0 Å². The minimum atomic E-state index is -0.156. The predicted octanol–water partition coefficient (Wildman–Crippen LogP) is 2.65. The Labute approximate surface area is 107 Å². The van der Waals surface area contributed by atoms with E-state index in [1.165, 1.54) is 5.56 Å². The Morgan fingerprint density at radius 1 is 1.39 bits per heavy atom. The molecular weight excluding hydrogens is 229 g/mol. The Morgan fingerprint density at radius 3 is 2.94 bits per heavy atom. The number of benzene rings is 1. The molecule has 0 radical (unpaired) electrons. The molecule has 0 aromatic heterocycles. The van der Waals surface area contributed by atoms with E-state index in [-0.39, 0.29) is 23.2 Å². The molecule has 96 valence electrons. The van der Waals surface area contributed by atoms with Crippen LogP contribution in [0.25, 0.3) is 0 Å². The summed E-state index contributed by atoms with van der Waals surface area (Å²) in [5.41, 5.74) is 2.35. The van der Waals surface area contributed by atoms with Crippen LogP contribution >= 0.6 is 0 Å². The van der Waals surface area contributed by atoms with Gasteiger partial charge in [0.25, 0.3) is 0 Å². The summed E-state index contributed by atoms with van der Waals surface area (Å²) in [6.45, 7) is 2.22. The fourth-order valence-electron chi connectivity index (χ4n) is 3.76. The van der Waals surface area contributed by atoms with Gasteiger partial charge in [0.1, 0.15) is 5.82 Å². The molecule has 2 atom stereocenters. The summed E-state index contributed by atoms with van der Waals surface area (Å²) in [5.74, 6) is 0.0825. The maximum Gasteiger partial charge on any atom is 0.222 e. The smallest absolute Gasteiger partial charge is 0.222 e. The van der Waals surface area contributed by atoms with E-state index < -0.39 is 0 Å². The number of amides is 1. The van der Waals surface area contributed by atoms with Crippen LogP contribution in [0.3, 0.4) is 0 Å². The van der Waals surface area contributed by atoms with Gasteiger partial charge in [0, 0.05) is 24.9 Å². The number of piperidine rings is 1. The van der Waals surface area contributed by atoms with Crippen LogP contribution in [0, 0.1) is 5.82 Å². The summed E-state index contributed by atoms with van der Waals surface area (Å²) in [5, 5.41) is 0. The van der Waals surface area contributed by atoms with Crippen molar-refractivity contribution < 1.29 is 9.18 Å². The Hall–Kier alpha value is -1.38. The minimum Gasteiger partial charge on any atom is -0.342 e. The van der Waals surface area contributed by atoms with E-state index in [1.807, 2.05) is 18.0 Å². The molecule has 0 spiro atoms. The second kappa shape index (κ2) is 3.81. The molecule has 0 saturated carbocycles. The highest BCUT2D eigenvalue weighted by Gasteiger charge is 2.46. The summed E-state index contributed by atoms with van der Waals surface area (Å²) in [7, 11) is 1.90. The summed E-state index contributed by atoms with van der Waals surface area (Å²) < 4.78 is 13.3. The van der Waals surface area contributed by atoms with Gasteiger partial charge in [0.05, 0.1) is 0 Å². The van der Waals surface area contributed by atoms with Crippen LogP contribution in [-0.2, 0) is 16.6 Å². The summed E-state index contributed by atoms with van der Waals surface area (Å²) in [4.78, 5) is 13.7. The fourth-order valence-corrected chi connectivity index (χ4v) is 3.76. The van der Waals surface area contributed by atoms with Gasteiger partial charge >= 0.3 is 0 Å². The number of aryl methyl sites for hydroxylation is 1. The van der Waals surface area contributed by atoms with Crippen molar-refractivity contribution in [2.45, 2.75) is 44.1 Å². The molecule has 0 N–H and O–H groups in total. The highest BCUT2D eigenvalue weighted by Crippen LogP contribution is 2.45. The molecule has 1 amide bonds. The molecule has 1 fully saturated rings. The zero-order valence-electron chi connectivity index (χ0n) is 10.9. The van der Waals surface area contributed by atoms with Crippen molar-refractivity contribution in [3.8, 4) is 0 Å². The lowest BCUT2D eigenvalue weighted by Crippen LogP contribution is -2.56. The summed E-state index contributed by atoms with van der Waals surface area (Å²) in [6, 6.07) is 5.38. The molecule has 1 aliphatic carbocycles. The van der Waals surface area contributed by atoms with Crippen LogP contribution in [0.15, 0.2) is 18.2 Å². The number of rotatable bonds is 0. The molecule has 0 unspecified atom stereocenters. The van der Waals surface area contributed by atoms with Crippen LogP contribution in [0.2, 0.25) is 0 Å². The molecule has 1 saturated heterocycles. The molecule has 1 heterocycles. The van der Waals surface area contributed by atoms with Crippen LogP contribution in [-0.4, -0.2) is 23.9 Å². The van der Waals surface area contributed by atoms with Gasteiger partial charge < -0.3 is 4.90 Å². The molecular formula is C15H18FNO. The first kappa shape index (κ1) is 11.7. The number of hydrogen-bond acceptors (Lipinski definition) is 1. The van der Waals surface area contributed by atoms with Gasteiger partial charge in [0.15, 0.2) is 0 Å². The molecule has 2 nitrogen and oxygen atoms in total. The van der Waals surface area contributed by atoms with Crippen molar-refractivity contribution in [2.75, 3.05) is 7.05 Å². The highest BCUT2D eigenvalue weighted by molar-refractivity contribution is 5.78. The van der Waals surface area contributed by atoms with Crippen molar-refractivity contribution in [3.05, 3.63) is 35.1 Å². The van der Waals surface area contributed by atoms with E-state index >= 15 is 0 Å². The van der Waals surface area contributed by atoms with Crippen LogP contribution in [0.5, 0.6) is 0 Å². The zero-order valence-corrected chi connectivity index (χ0v) is 10.9. The van der Waals surface area contributed by atoms with Crippen molar-refractivity contribution in [1.29, 1.82) is 0 Å². The fraction of sp³-hybridized carbons (Fsp3) is 0.533. The topological polar surface area (TPSA) is 20.3 Å². The summed E-state index contributed by atoms with van der Waals surface area (Å²) >= 11 is 0. The average Bonchev–Trinajstić information content (AvgIpc) is 2.34. The molecule has 1 aromatic carbocycles. The zero-order chi connectivity index (χ0) is 12.9. The quantitative estimate of drug-likeness (QED) is 0.690. The predicted molar refractivity (Wildman–Crippen MR) is 67.9 cm³/mol. The Kier molecular flexibility index (Phi) is 2.47. The van der Waals surface area contributed by atoms with Crippen molar-refractivity contribution in [1.82, 2.24) is 4.90 Å². The first-order chi connectivity index (χ1) is 8.52. The Morgan fingerprint density at radius 2 is 2.17 bits per heavy atom. The van der Waals surface area contributed by atoms with Crippen molar-refractivity contribution >= 4 is 5.91 Å². The normalized spacial score (nSPS) is 30.9. The third kappa shape index (κ3) is 1.49. The Balaban J connectivity index is 2.09. The molecule has 0 bridgehead atoms. The van der Waals surface area contributed by atoms with Gasteiger partial charge in [-0.2, -0.15) is 0 Å². The lowest BCUT2D eigenvalue weighted by atomic mass is 9.63. The van der Waals surface area contributed by atoms with Crippen LogP contribution in [0.4, 0.5) is 4.39 Å². The highest BCUT2D eigenvalue weighted by atomic mass is 19.1. The first-order valence-corrected chi connectivity index (χ1v) is 6.57. The second-order valence-electron chi connectivity index (χ2n) is 5.78. The molecule has 18 heavy (non-hydrogen) atoms. The summed E-state index contributed by atoms with van der Waals surface area (Å²) in [6.07, 6.45) is 3.28. The Bertz CT molecular complexity index is 513. The van der Waals surface area contributed by atoms with E-state index in [0.717, 1.165) is 24.8 Å². The van der Waals surface area contributed by atoms with Crippen molar-refractivity contribution in [3.63, 3.8) is 0 Å². The van der Waals surface area contributed by atoms with E-state index in [9.17, 15) is 9.18 Å². The largest absolute Gasteiger partial charge is 0.342 e. The van der Waals surface area contributed by atoms with Gasteiger partial charge in [-0.3, -0.25) is 4.79 Å². The number of hydrogen-bond donors (Lipinski definition) is 0. The average molecular weight is 247 g/mol. The van der Waals surface area contributed by atoms with E-state index in [1.54, 1.807) is 12.1 Å². The standard InChI is InChI=1S/C15H18FNO/c1-15-8-7-14(18)17(2)13(15)6-3-10-9-11(16)4-5-12(10)15/h4-5,9,13H,3,6-8H2,1-2H3/t13-,15+/m1/s1. The molecule has 1 aliphatic heterocycles. The number of nitrogens with zero attached hydrogens (tertiary/aromatic N) is 1. The molecule has 1 aromatic rings.